The zero-order valence-electron chi connectivity index (χ0n) is 8.02. The van der Waals surface area contributed by atoms with Gasteiger partial charge in [-0.15, -0.1) is 11.3 Å². The van der Waals surface area contributed by atoms with Gasteiger partial charge in [-0.3, -0.25) is 4.79 Å². The van der Waals surface area contributed by atoms with Gasteiger partial charge >= 0.3 is 0 Å². The molecule has 2 heterocycles. The molecule has 0 saturated carbocycles. The maximum Gasteiger partial charge on any atom is 0.160 e. The van der Waals surface area contributed by atoms with Crippen molar-refractivity contribution < 1.29 is 4.79 Å². The third kappa shape index (κ3) is 1.37. The predicted molar refractivity (Wildman–Crippen MR) is 56.6 cm³/mol. The van der Waals surface area contributed by atoms with Gasteiger partial charge in [0.1, 0.15) is 5.82 Å². The third-order valence-corrected chi connectivity index (χ3v) is 3.25. The SMILES string of the molecule is Cc1ncc(-c2ccc(C=O)s2)n1C. The van der Waals surface area contributed by atoms with Gasteiger partial charge in [0.15, 0.2) is 6.29 Å². The van der Waals surface area contributed by atoms with Crippen molar-refractivity contribution in [3.63, 3.8) is 0 Å². The molecular formula is C10H10N2OS. The average Bonchev–Trinajstić information content (AvgIpc) is 2.75. The van der Waals surface area contributed by atoms with Crippen LogP contribution >= 0.6 is 11.3 Å². The third-order valence-electron chi connectivity index (χ3n) is 2.22. The highest BCUT2D eigenvalue weighted by molar-refractivity contribution is 7.17. The number of carbonyl (C=O) groups is 1. The van der Waals surface area contributed by atoms with E-state index < -0.39 is 0 Å². The van der Waals surface area contributed by atoms with E-state index in [1.54, 1.807) is 0 Å². The summed E-state index contributed by atoms with van der Waals surface area (Å²) in [6.07, 6.45) is 2.70. The zero-order valence-corrected chi connectivity index (χ0v) is 8.84. The quantitative estimate of drug-likeness (QED) is 0.706. The predicted octanol–water partition coefficient (Wildman–Crippen LogP) is 2.27. The number of hydrogen-bond donors (Lipinski definition) is 0. The fraction of sp³-hybridized carbons (Fsp3) is 0.200. The Morgan fingerprint density at radius 1 is 1.50 bits per heavy atom. The van der Waals surface area contributed by atoms with E-state index in [1.807, 2.05) is 36.9 Å². The highest BCUT2D eigenvalue weighted by atomic mass is 32.1. The van der Waals surface area contributed by atoms with Crippen LogP contribution in [0.4, 0.5) is 0 Å². The van der Waals surface area contributed by atoms with E-state index in [-0.39, 0.29) is 0 Å². The minimum atomic E-state index is 0.749. The molecule has 0 aromatic carbocycles. The van der Waals surface area contributed by atoms with E-state index in [2.05, 4.69) is 4.98 Å². The van der Waals surface area contributed by atoms with Crippen LogP contribution in [0.3, 0.4) is 0 Å². The Hall–Kier alpha value is -1.42. The number of thiophene rings is 1. The van der Waals surface area contributed by atoms with E-state index in [0.717, 1.165) is 27.6 Å². The normalized spacial score (nSPS) is 10.4. The lowest BCUT2D eigenvalue weighted by Crippen LogP contribution is -1.92. The molecule has 0 fully saturated rings. The first-order valence-electron chi connectivity index (χ1n) is 4.26. The summed E-state index contributed by atoms with van der Waals surface area (Å²) < 4.78 is 2.01. The summed E-state index contributed by atoms with van der Waals surface area (Å²) >= 11 is 1.48. The van der Waals surface area contributed by atoms with Crippen LogP contribution in [-0.2, 0) is 7.05 Å². The van der Waals surface area contributed by atoms with E-state index in [9.17, 15) is 4.79 Å². The van der Waals surface area contributed by atoms with E-state index in [1.165, 1.54) is 11.3 Å². The molecule has 0 bridgehead atoms. The summed E-state index contributed by atoms with van der Waals surface area (Å²) in [6, 6.07) is 3.78. The molecule has 0 spiro atoms. The van der Waals surface area contributed by atoms with Crippen LogP contribution in [0.5, 0.6) is 0 Å². The fourth-order valence-corrected chi connectivity index (χ4v) is 2.15. The van der Waals surface area contributed by atoms with Gasteiger partial charge in [0.25, 0.3) is 0 Å². The van der Waals surface area contributed by atoms with E-state index in [4.69, 9.17) is 0 Å². The number of rotatable bonds is 2. The second kappa shape index (κ2) is 3.38. The van der Waals surface area contributed by atoms with Gasteiger partial charge in [-0.25, -0.2) is 4.98 Å². The van der Waals surface area contributed by atoms with Gasteiger partial charge in [0.05, 0.1) is 21.6 Å². The van der Waals surface area contributed by atoms with Gasteiger partial charge in [-0.2, -0.15) is 0 Å². The standard InChI is InChI=1S/C10H10N2OS/c1-7-11-5-9(12(7)2)10-4-3-8(6-13)14-10/h3-6H,1-2H3. The zero-order chi connectivity index (χ0) is 10.1. The van der Waals surface area contributed by atoms with Crippen LogP contribution in [-0.4, -0.2) is 15.8 Å². The smallest absolute Gasteiger partial charge is 0.160 e. The molecule has 0 amide bonds. The molecule has 3 nitrogen and oxygen atoms in total. The maximum absolute atomic E-state index is 10.5. The number of nitrogens with zero attached hydrogens (tertiary/aromatic N) is 2. The largest absolute Gasteiger partial charge is 0.331 e. The first kappa shape index (κ1) is 9.15. The molecule has 0 atom stereocenters. The number of hydrogen-bond acceptors (Lipinski definition) is 3. The second-order valence-corrected chi connectivity index (χ2v) is 4.18. The van der Waals surface area contributed by atoms with Crippen LogP contribution in [0.25, 0.3) is 10.6 Å². The molecule has 2 aromatic heterocycles. The van der Waals surface area contributed by atoms with Crippen molar-refractivity contribution in [3.8, 4) is 10.6 Å². The summed E-state index contributed by atoms with van der Waals surface area (Å²) in [7, 11) is 1.97. The lowest BCUT2D eigenvalue weighted by atomic mass is 10.3. The van der Waals surface area contributed by atoms with Crippen molar-refractivity contribution >= 4 is 17.6 Å². The minimum absolute atomic E-state index is 0.749. The summed E-state index contributed by atoms with van der Waals surface area (Å²) in [6.45, 7) is 1.96. The van der Waals surface area contributed by atoms with Crippen LogP contribution in [0, 0.1) is 6.92 Å². The fourth-order valence-electron chi connectivity index (χ4n) is 1.28. The monoisotopic (exact) mass is 206 g/mol. The first-order chi connectivity index (χ1) is 6.72. The van der Waals surface area contributed by atoms with Crippen molar-refractivity contribution in [3.05, 3.63) is 29.0 Å². The van der Waals surface area contributed by atoms with E-state index in [0.29, 0.717) is 0 Å². The van der Waals surface area contributed by atoms with Crippen molar-refractivity contribution in [2.45, 2.75) is 6.92 Å². The van der Waals surface area contributed by atoms with Gasteiger partial charge in [-0.1, -0.05) is 0 Å². The Bertz CT molecular complexity index is 470. The van der Waals surface area contributed by atoms with Crippen molar-refractivity contribution in [2.75, 3.05) is 0 Å². The van der Waals surface area contributed by atoms with Crippen molar-refractivity contribution in [1.82, 2.24) is 9.55 Å². The molecule has 0 N–H and O–H groups in total. The first-order valence-corrected chi connectivity index (χ1v) is 5.07. The van der Waals surface area contributed by atoms with Gasteiger partial charge in [0, 0.05) is 7.05 Å². The molecule has 0 saturated heterocycles. The van der Waals surface area contributed by atoms with Crippen LogP contribution in [0.15, 0.2) is 18.3 Å². The molecule has 0 radical (unpaired) electrons. The molecule has 0 unspecified atom stereocenters. The molecule has 0 aliphatic heterocycles. The summed E-state index contributed by atoms with van der Waals surface area (Å²) in [4.78, 5) is 16.6. The lowest BCUT2D eigenvalue weighted by molar-refractivity contribution is 0.112. The lowest BCUT2D eigenvalue weighted by Gasteiger charge is -1.99. The maximum atomic E-state index is 10.5. The van der Waals surface area contributed by atoms with Gasteiger partial charge < -0.3 is 4.57 Å². The molecule has 14 heavy (non-hydrogen) atoms. The number of carbonyl (C=O) groups excluding carboxylic acids is 1. The van der Waals surface area contributed by atoms with Crippen molar-refractivity contribution in [2.24, 2.45) is 7.05 Å². The highest BCUT2D eigenvalue weighted by Gasteiger charge is 2.07. The van der Waals surface area contributed by atoms with Gasteiger partial charge in [-0.05, 0) is 19.1 Å². The topological polar surface area (TPSA) is 34.9 Å². The summed E-state index contributed by atoms with van der Waals surface area (Å²) in [5.41, 5.74) is 1.06. The molecule has 4 heteroatoms. The highest BCUT2D eigenvalue weighted by Crippen LogP contribution is 2.27. The average molecular weight is 206 g/mol. The van der Waals surface area contributed by atoms with Crippen LogP contribution < -0.4 is 0 Å². The molecule has 72 valence electrons. The molecule has 2 aromatic rings. The molecule has 0 aliphatic carbocycles. The minimum Gasteiger partial charge on any atom is -0.331 e. The summed E-state index contributed by atoms with van der Waals surface area (Å²) in [5.74, 6) is 0.973. The van der Waals surface area contributed by atoms with Gasteiger partial charge in [0.2, 0.25) is 0 Å². The summed E-state index contributed by atoms with van der Waals surface area (Å²) in [5, 5.41) is 0. The molecule has 0 aliphatic rings. The van der Waals surface area contributed by atoms with Crippen molar-refractivity contribution in [1.29, 1.82) is 0 Å². The number of aromatic nitrogens is 2. The number of imidazole rings is 1. The Morgan fingerprint density at radius 2 is 2.29 bits per heavy atom. The number of aldehydes is 1. The van der Waals surface area contributed by atoms with Crippen LogP contribution in [0.2, 0.25) is 0 Å². The molecule has 2 rings (SSSR count). The Kier molecular flexibility index (Phi) is 2.21. The van der Waals surface area contributed by atoms with Crippen LogP contribution in [0.1, 0.15) is 15.5 Å². The molecular weight excluding hydrogens is 196 g/mol. The number of aryl methyl sites for hydroxylation is 1. The van der Waals surface area contributed by atoms with E-state index >= 15 is 0 Å². The Morgan fingerprint density at radius 3 is 2.79 bits per heavy atom. The second-order valence-electron chi connectivity index (χ2n) is 3.07. The Labute approximate surface area is 86.0 Å². The Balaban J connectivity index is 2.49.